The Hall–Kier alpha value is -0.810. The molecule has 2 aliphatic rings. The molecule has 116 valence electrons. The minimum atomic E-state index is 0.277. The number of urea groups is 1. The van der Waals surface area contributed by atoms with Crippen LogP contribution in [0.5, 0.6) is 0 Å². The van der Waals surface area contributed by atoms with Crippen LogP contribution in [0.3, 0.4) is 0 Å². The quantitative estimate of drug-likeness (QED) is 0.778. The number of carbonyl (C=O) groups is 1. The molecule has 0 radical (unpaired) electrons. The second-order valence-corrected chi connectivity index (χ2v) is 6.32. The molecule has 2 rings (SSSR count). The summed E-state index contributed by atoms with van der Waals surface area (Å²) < 4.78 is 0. The average Bonchev–Trinajstić information content (AvgIpc) is 2.74. The monoisotopic (exact) mass is 282 g/mol. The van der Waals surface area contributed by atoms with E-state index in [0.29, 0.717) is 0 Å². The van der Waals surface area contributed by atoms with Crippen molar-refractivity contribution in [2.24, 2.45) is 0 Å². The van der Waals surface area contributed by atoms with Gasteiger partial charge in [0.2, 0.25) is 0 Å². The van der Waals surface area contributed by atoms with E-state index in [2.05, 4.69) is 33.7 Å². The van der Waals surface area contributed by atoms with Crippen LogP contribution in [0.1, 0.15) is 25.7 Å². The number of likely N-dealkylation sites (tertiary alicyclic amines) is 1. The molecule has 5 heteroatoms. The lowest BCUT2D eigenvalue weighted by Gasteiger charge is -2.37. The largest absolute Gasteiger partial charge is 0.325 e. The Morgan fingerprint density at radius 1 is 0.850 bits per heavy atom. The van der Waals surface area contributed by atoms with Gasteiger partial charge in [0.1, 0.15) is 0 Å². The van der Waals surface area contributed by atoms with Crippen LogP contribution in [0, 0.1) is 0 Å². The first-order valence-corrected chi connectivity index (χ1v) is 8.08. The lowest BCUT2D eigenvalue weighted by atomic mass is 10.2. The second-order valence-electron chi connectivity index (χ2n) is 6.32. The zero-order valence-corrected chi connectivity index (χ0v) is 13.2. The van der Waals surface area contributed by atoms with E-state index in [1.807, 2.05) is 0 Å². The predicted octanol–water partition coefficient (Wildman–Crippen LogP) is 1.16. The molecule has 2 heterocycles. The number of carbonyl (C=O) groups excluding carboxylic acids is 1. The van der Waals surface area contributed by atoms with E-state index in [1.165, 1.54) is 25.7 Å². The van der Waals surface area contributed by atoms with Crippen LogP contribution in [0.4, 0.5) is 4.79 Å². The average molecular weight is 282 g/mol. The highest BCUT2D eigenvalue weighted by Gasteiger charge is 2.25. The van der Waals surface area contributed by atoms with E-state index in [4.69, 9.17) is 0 Å². The molecular weight excluding hydrogens is 252 g/mol. The third-order valence-electron chi connectivity index (χ3n) is 4.38. The van der Waals surface area contributed by atoms with Gasteiger partial charge < -0.3 is 14.7 Å². The third kappa shape index (κ3) is 4.63. The summed E-state index contributed by atoms with van der Waals surface area (Å²) in [6, 6.07) is 0.277. The van der Waals surface area contributed by atoms with E-state index in [1.54, 1.807) is 0 Å². The van der Waals surface area contributed by atoms with Gasteiger partial charge in [-0.15, -0.1) is 0 Å². The van der Waals surface area contributed by atoms with Crippen molar-refractivity contribution < 1.29 is 4.79 Å². The van der Waals surface area contributed by atoms with Crippen molar-refractivity contribution in [1.82, 2.24) is 19.6 Å². The Labute approximate surface area is 123 Å². The molecule has 0 bridgehead atoms. The summed E-state index contributed by atoms with van der Waals surface area (Å²) in [7, 11) is 4.22. The lowest BCUT2D eigenvalue weighted by molar-refractivity contribution is 0.110. The molecule has 2 aliphatic heterocycles. The van der Waals surface area contributed by atoms with Gasteiger partial charge >= 0.3 is 6.03 Å². The van der Waals surface area contributed by atoms with E-state index < -0.39 is 0 Å². The number of hydrogen-bond acceptors (Lipinski definition) is 3. The zero-order chi connectivity index (χ0) is 14.4. The number of hydrogen-bond donors (Lipinski definition) is 0. The number of piperazine rings is 1. The Morgan fingerprint density at radius 3 is 1.95 bits per heavy atom. The highest BCUT2D eigenvalue weighted by Crippen LogP contribution is 2.13. The van der Waals surface area contributed by atoms with Gasteiger partial charge in [0.05, 0.1) is 0 Å². The smallest absolute Gasteiger partial charge is 0.320 e. The molecule has 0 aromatic rings. The fourth-order valence-electron chi connectivity index (χ4n) is 2.97. The van der Waals surface area contributed by atoms with Crippen LogP contribution in [0.15, 0.2) is 0 Å². The van der Waals surface area contributed by atoms with Crippen LogP contribution in [-0.4, -0.2) is 92.1 Å². The van der Waals surface area contributed by atoms with Crippen LogP contribution in [0.25, 0.3) is 0 Å². The summed E-state index contributed by atoms with van der Waals surface area (Å²) in [6.07, 6.45) is 4.91. The lowest BCUT2D eigenvalue weighted by Crippen LogP contribution is -2.53. The molecule has 0 spiro atoms. The molecule has 0 unspecified atom stereocenters. The van der Waals surface area contributed by atoms with Gasteiger partial charge in [0.25, 0.3) is 0 Å². The summed E-state index contributed by atoms with van der Waals surface area (Å²) in [6.45, 7) is 7.95. The first kappa shape index (κ1) is 15.6. The van der Waals surface area contributed by atoms with Gasteiger partial charge in [0.15, 0.2) is 0 Å². The zero-order valence-electron chi connectivity index (χ0n) is 13.2. The van der Waals surface area contributed by atoms with Crippen LogP contribution < -0.4 is 0 Å². The summed E-state index contributed by atoms with van der Waals surface area (Å²) in [5, 5.41) is 0. The fraction of sp³-hybridized carbons (Fsp3) is 0.933. The normalized spacial score (nSPS) is 22.1. The minimum Gasteiger partial charge on any atom is -0.325 e. The number of nitrogens with zero attached hydrogens (tertiary/aromatic N) is 4. The molecular formula is C15H30N4O. The van der Waals surface area contributed by atoms with Gasteiger partial charge in [-0.2, -0.15) is 0 Å². The third-order valence-corrected chi connectivity index (χ3v) is 4.38. The number of likely N-dealkylation sites (N-methyl/N-ethyl adjacent to an activating group) is 1. The summed E-state index contributed by atoms with van der Waals surface area (Å²) in [5.41, 5.74) is 0. The SMILES string of the molecule is CN(C)CCN1CCN(C(=O)N2CCCCCC2)CC1. The van der Waals surface area contributed by atoms with Gasteiger partial charge in [-0.05, 0) is 26.9 Å². The van der Waals surface area contributed by atoms with Gasteiger partial charge in [-0.25, -0.2) is 4.79 Å². The Balaban J connectivity index is 1.73. The Bertz CT molecular complexity index is 292. The first-order valence-electron chi connectivity index (χ1n) is 8.08. The molecule has 0 aromatic carbocycles. The molecule has 2 fully saturated rings. The van der Waals surface area contributed by atoms with Crippen molar-refractivity contribution in [3.63, 3.8) is 0 Å². The highest BCUT2D eigenvalue weighted by molar-refractivity contribution is 5.74. The fourth-order valence-corrected chi connectivity index (χ4v) is 2.97. The van der Waals surface area contributed by atoms with Crippen LogP contribution >= 0.6 is 0 Å². The van der Waals surface area contributed by atoms with Gasteiger partial charge in [-0.3, -0.25) is 4.90 Å². The maximum absolute atomic E-state index is 12.5. The molecule has 2 amide bonds. The molecule has 0 N–H and O–H groups in total. The standard InChI is InChI=1S/C15H30N4O/c1-16(2)9-10-17-11-13-19(14-12-17)15(20)18-7-5-3-4-6-8-18/h3-14H2,1-2H3. The summed E-state index contributed by atoms with van der Waals surface area (Å²) >= 11 is 0. The van der Waals surface area contributed by atoms with Crippen LogP contribution in [0.2, 0.25) is 0 Å². The molecule has 5 nitrogen and oxygen atoms in total. The molecule has 0 aliphatic carbocycles. The molecule has 0 atom stereocenters. The predicted molar refractivity (Wildman–Crippen MR) is 82.0 cm³/mol. The summed E-state index contributed by atoms with van der Waals surface area (Å²) in [5.74, 6) is 0. The molecule has 0 aromatic heterocycles. The summed E-state index contributed by atoms with van der Waals surface area (Å²) in [4.78, 5) is 21.3. The van der Waals surface area contributed by atoms with Crippen molar-refractivity contribution in [3.05, 3.63) is 0 Å². The van der Waals surface area contributed by atoms with Crippen molar-refractivity contribution in [3.8, 4) is 0 Å². The van der Waals surface area contributed by atoms with E-state index >= 15 is 0 Å². The number of amides is 2. The minimum absolute atomic E-state index is 0.277. The van der Waals surface area contributed by atoms with Crippen molar-refractivity contribution in [2.75, 3.05) is 66.5 Å². The topological polar surface area (TPSA) is 30.0 Å². The molecule has 2 saturated heterocycles. The van der Waals surface area contributed by atoms with Gasteiger partial charge in [-0.1, -0.05) is 12.8 Å². The first-order chi connectivity index (χ1) is 9.66. The van der Waals surface area contributed by atoms with E-state index in [-0.39, 0.29) is 6.03 Å². The maximum atomic E-state index is 12.5. The van der Waals surface area contributed by atoms with Gasteiger partial charge in [0, 0.05) is 52.4 Å². The molecule has 0 saturated carbocycles. The second kappa shape index (κ2) is 7.84. The van der Waals surface area contributed by atoms with Crippen molar-refractivity contribution >= 4 is 6.03 Å². The highest BCUT2D eigenvalue weighted by atomic mass is 16.2. The van der Waals surface area contributed by atoms with E-state index in [0.717, 1.165) is 52.4 Å². The Morgan fingerprint density at radius 2 is 1.40 bits per heavy atom. The maximum Gasteiger partial charge on any atom is 0.320 e. The van der Waals surface area contributed by atoms with Crippen LogP contribution in [-0.2, 0) is 0 Å². The molecule has 20 heavy (non-hydrogen) atoms. The van der Waals surface area contributed by atoms with Crippen molar-refractivity contribution in [2.45, 2.75) is 25.7 Å². The van der Waals surface area contributed by atoms with E-state index in [9.17, 15) is 4.79 Å². The Kier molecular flexibility index (Phi) is 6.10. The van der Waals surface area contributed by atoms with Crippen molar-refractivity contribution in [1.29, 1.82) is 0 Å². The number of rotatable bonds is 3.